The summed E-state index contributed by atoms with van der Waals surface area (Å²) in [4.78, 5) is 8.57. The molecule has 1 atom stereocenters. The smallest absolute Gasteiger partial charge is 0.434 e. The summed E-state index contributed by atoms with van der Waals surface area (Å²) < 4.78 is 87.8. The Kier molecular flexibility index (Phi) is 7.39. The largest absolute Gasteiger partial charge is 0.440 e. The molecule has 0 aliphatic carbocycles. The zero-order valence-electron chi connectivity index (χ0n) is 21.9. The molecule has 0 fully saturated rings. The Balaban J connectivity index is 1.78. The van der Waals surface area contributed by atoms with Crippen molar-refractivity contribution in [2.24, 2.45) is 0 Å². The molecule has 41 heavy (non-hydrogen) atoms. The number of imidazole rings is 1. The van der Waals surface area contributed by atoms with Gasteiger partial charge in [-0.3, -0.25) is 4.21 Å². The van der Waals surface area contributed by atoms with E-state index < -0.39 is 34.3 Å². The minimum absolute atomic E-state index is 0.0527. The number of aromatic nitrogens is 3. The zero-order valence-corrected chi connectivity index (χ0v) is 22.7. The molecule has 0 bridgehead atoms. The minimum atomic E-state index is -4.68. The number of alkyl halides is 3. The molecule has 0 aliphatic rings. The second kappa shape index (κ2) is 10.7. The summed E-state index contributed by atoms with van der Waals surface area (Å²) in [6, 6.07) is 13.1. The van der Waals surface area contributed by atoms with Crippen molar-refractivity contribution in [3.63, 3.8) is 0 Å². The lowest BCUT2D eigenvalue weighted by Gasteiger charge is -2.15. The second-order valence-electron chi connectivity index (χ2n) is 9.25. The topological polar surface area (TPSA) is 81.2 Å². The maximum absolute atomic E-state index is 14.2. The van der Waals surface area contributed by atoms with E-state index in [9.17, 15) is 31.3 Å². The van der Waals surface area contributed by atoms with Crippen LogP contribution in [0.2, 0.25) is 0 Å². The third-order valence-electron chi connectivity index (χ3n) is 6.48. The lowest BCUT2D eigenvalue weighted by Crippen LogP contribution is -2.05. The molecule has 12 heteroatoms. The fourth-order valence-corrected chi connectivity index (χ4v) is 5.34. The number of aliphatic hydroxyl groups is 1. The van der Waals surface area contributed by atoms with E-state index in [0.717, 1.165) is 18.3 Å². The van der Waals surface area contributed by atoms with Gasteiger partial charge in [-0.1, -0.05) is 18.2 Å². The van der Waals surface area contributed by atoms with Crippen molar-refractivity contribution in [2.45, 2.75) is 31.5 Å². The molecule has 2 aromatic heterocycles. The highest BCUT2D eigenvalue weighted by atomic mass is 32.2. The maximum atomic E-state index is 14.2. The molecule has 0 saturated carbocycles. The van der Waals surface area contributed by atoms with Crippen molar-refractivity contribution in [1.29, 1.82) is 0 Å². The Bertz CT molecular complexity index is 1810. The second-order valence-corrected chi connectivity index (χ2v) is 10.6. The summed E-state index contributed by atoms with van der Waals surface area (Å²) in [6.45, 7) is 2.67. The molecule has 1 N–H and O–H groups in total. The standard InChI is InChI=1S/C29H22F5N3O3S/c1-15-35-26(29(32,33)34)13-37(15)24-9-7-17(18-4-5-20(14-38)25(12-18)41(3)39)10-21(24)27-28(40-16(2)36-27)19-6-8-22(30)23(31)11-19/h4-13,38H,14H2,1-3H3. The van der Waals surface area contributed by atoms with Crippen LogP contribution in [0.5, 0.6) is 0 Å². The van der Waals surface area contributed by atoms with Crippen LogP contribution in [0.15, 0.2) is 70.1 Å². The van der Waals surface area contributed by atoms with Crippen molar-refractivity contribution in [3.05, 3.63) is 95.4 Å². The molecule has 3 aromatic carbocycles. The van der Waals surface area contributed by atoms with Crippen LogP contribution in [0, 0.1) is 25.5 Å². The van der Waals surface area contributed by atoms with Gasteiger partial charge >= 0.3 is 6.18 Å². The van der Waals surface area contributed by atoms with Gasteiger partial charge in [0.2, 0.25) is 0 Å². The third kappa shape index (κ3) is 5.44. The fourth-order valence-electron chi connectivity index (χ4n) is 4.54. The first kappa shape index (κ1) is 28.4. The maximum Gasteiger partial charge on any atom is 0.434 e. The third-order valence-corrected chi connectivity index (χ3v) is 7.48. The molecular weight excluding hydrogens is 565 g/mol. The van der Waals surface area contributed by atoms with E-state index in [-0.39, 0.29) is 41.0 Å². The van der Waals surface area contributed by atoms with Gasteiger partial charge in [-0.05, 0) is 60.0 Å². The van der Waals surface area contributed by atoms with Crippen LogP contribution in [-0.2, 0) is 23.6 Å². The van der Waals surface area contributed by atoms with E-state index >= 15 is 0 Å². The molecule has 6 nitrogen and oxygen atoms in total. The van der Waals surface area contributed by atoms with Crippen LogP contribution in [0.3, 0.4) is 0 Å². The predicted molar refractivity (Wildman–Crippen MR) is 143 cm³/mol. The molecule has 5 aromatic rings. The number of aliphatic hydroxyl groups excluding tert-OH is 1. The van der Waals surface area contributed by atoms with Gasteiger partial charge in [0.25, 0.3) is 0 Å². The first-order valence-electron chi connectivity index (χ1n) is 12.2. The van der Waals surface area contributed by atoms with Gasteiger partial charge in [-0.25, -0.2) is 18.7 Å². The number of hydrogen-bond acceptors (Lipinski definition) is 5. The van der Waals surface area contributed by atoms with Gasteiger partial charge in [0, 0.05) is 35.4 Å². The first-order chi connectivity index (χ1) is 19.4. The summed E-state index contributed by atoms with van der Waals surface area (Å²) in [6.07, 6.45) is -2.33. The van der Waals surface area contributed by atoms with Gasteiger partial charge in [-0.2, -0.15) is 13.2 Å². The van der Waals surface area contributed by atoms with E-state index in [1.165, 1.54) is 23.8 Å². The van der Waals surface area contributed by atoms with Crippen molar-refractivity contribution >= 4 is 10.8 Å². The summed E-state index contributed by atoms with van der Waals surface area (Å²) in [5, 5.41) is 9.65. The normalized spacial score (nSPS) is 12.6. The molecule has 2 heterocycles. The zero-order chi connectivity index (χ0) is 29.6. The molecule has 0 radical (unpaired) electrons. The number of oxazole rings is 1. The Morgan fingerprint density at radius 3 is 2.24 bits per heavy atom. The Hall–Kier alpha value is -4.16. The molecule has 212 valence electrons. The van der Waals surface area contributed by atoms with Crippen LogP contribution in [0.4, 0.5) is 22.0 Å². The van der Waals surface area contributed by atoms with E-state index in [1.54, 1.807) is 43.3 Å². The number of aryl methyl sites for hydroxylation is 2. The highest BCUT2D eigenvalue weighted by molar-refractivity contribution is 7.84. The molecule has 1 unspecified atom stereocenters. The SMILES string of the molecule is Cc1nc(-c2cc(-c3ccc(CO)c(S(C)=O)c3)ccc2-n2cc(C(F)(F)F)nc2C)c(-c2ccc(F)c(F)c2)o1. The Morgan fingerprint density at radius 2 is 1.61 bits per heavy atom. The molecular formula is C29H22F5N3O3S. The van der Waals surface area contributed by atoms with Gasteiger partial charge in [0.15, 0.2) is 29.0 Å². The monoisotopic (exact) mass is 587 g/mol. The van der Waals surface area contributed by atoms with Crippen LogP contribution in [0.25, 0.3) is 39.4 Å². The average molecular weight is 588 g/mol. The first-order valence-corrected chi connectivity index (χ1v) is 13.7. The lowest BCUT2D eigenvalue weighted by molar-refractivity contribution is -0.141. The van der Waals surface area contributed by atoms with E-state index in [1.807, 2.05) is 0 Å². The summed E-state index contributed by atoms with van der Waals surface area (Å²) in [7, 11) is -1.41. The molecule has 0 saturated heterocycles. The van der Waals surface area contributed by atoms with Crippen LogP contribution >= 0.6 is 0 Å². The molecule has 0 spiro atoms. The van der Waals surface area contributed by atoms with E-state index in [4.69, 9.17) is 4.42 Å². The van der Waals surface area contributed by atoms with Gasteiger partial charge < -0.3 is 14.1 Å². The summed E-state index contributed by atoms with van der Waals surface area (Å²) in [5.41, 5.74) is 1.56. The van der Waals surface area contributed by atoms with Crippen molar-refractivity contribution < 1.29 is 35.7 Å². The van der Waals surface area contributed by atoms with Crippen LogP contribution in [-0.4, -0.2) is 30.1 Å². The van der Waals surface area contributed by atoms with E-state index in [0.29, 0.717) is 27.1 Å². The Labute approximate surface area is 233 Å². The highest BCUT2D eigenvalue weighted by Crippen LogP contribution is 2.40. The minimum Gasteiger partial charge on any atom is -0.440 e. The highest BCUT2D eigenvalue weighted by Gasteiger charge is 2.35. The number of benzene rings is 3. The van der Waals surface area contributed by atoms with Crippen molar-refractivity contribution in [3.8, 4) is 39.4 Å². The molecule has 5 rings (SSSR count). The van der Waals surface area contributed by atoms with Crippen molar-refractivity contribution in [2.75, 3.05) is 6.26 Å². The van der Waals surface area contributed by atoms with Crippen LogP contribution < -0.4 is 0 Å². The number of halogens is 5. The van der Waals surface area contributed by atoms with E-state index in [2.05, 4.69) is 9.97 Å². The van der Waals surface area contributed by atoms with Gasteiger partial charge in [-0.15, -0.1) is 0 Å². The molecule has 0 amide bonds. The van der Waals surface area contributed by atoms with Gasteiger partial charge in [0.1, 0.15) is 11.5 Å². The van der Waals surface area contributed by atoms with Crippen molar-refractivity contribution in [1.82, 2.24) is 14.5 Å². The molecule has 0 aliphatic heterocycles. The number of rotatable bonds is 6. The summed E-state index contributed by atoms with van der Waals surface area (Å²) in [5.74, 6) is -1.85. The van der Waals surface area contributed by atoms with Gasteiger partial charge in [0.05, 0.1) is 23.1 Å². The van der Waals surface area contributed by atoms with Crippen LogP contribution in [0.1, 0.15) is 23.0 Å². The number of nitrogens with zero attached hydrogens (tertiary/aromatic N) is 3. The average Bonchev–Trinajstić information content (AvgIpc) is 3.52. The number of hydrogen-bond donors (Lipinski definition) is 1. The summed E-state index contributed by atoms with van der Waals surface area (Å²) >= 11 is 0. The fraction of sp³-hybridized carbons (Fsp3) is 0.172. The Morgan fingerprint density at radius 1 is 0.927 bits per heavy atom. The lowest BCUT2D eigenvalue weighted by atomic mass is 9.97. The predicted octanol–water partition coefficient (Wildman–Crippen LogP) is 7.00. The quantitative estimate of drug-likeness (QED) is 0.216.